The Bertz CT molecular complexity index is 667. The maximum Gasteiger partial charge on any atom is 0.326 e. The second-order valence-electron chi connectivity index (χ2n) is 8.36. The van der Waals surface area contributed by atoms with Crippen molar-refractivity contribution in [3.05, 3.63) is 33.4 Å². The Labute approximate surface area is 161 Å². The molecule has 5 rings (SSSR count). The molecule has 0 aliphatic heterocycles. The summed E-state index contributed by atoms with van der Waals surface area (Å²) in [6, 6.07) is 6.91. The zero-order chi connectivity index (χ0) is 17.6. The highest BCUT2D eigenvalue weighted by atomic mass is 127. The first-order chi connectivity index (χ1) is 11.9. The number of hydrogen-bond acceptors (Lipinski definition) is 2. The smallest absolute Gasteiger partial charge is 0.326 e. The minimum Gasteiger partial charge on any atom is -0.480 e. The van der Waals surface area contributed by atoms with Gasteiger partial charge in [-0.15, -0.1) is 0 Å². The van der Waals surface area contributed by atoms with Crippen molar-refractivity contribution in [3.63, 3.8) is 0 Å². The molecule has 1 amide bonds. The van der Waals surface area contributed by atoms with Gasteiger partial charge in [-0.2, -0.15) is 0 Å². The van der Waals surface area contributed by atoms with Crippen LogP contribution in [0, 0.1) is 26.7 Å². The number of halogens is 1. The molecule has 4 aliphatic carbocycles. The molecule has 4 nitrogen and oxygen atoms in total. The molecule has 134 valence electrons. The van der Waals surface area contributed by atoms with E-state index in [9.17, 15) is 14.7 Å². The zero-order valence-electron chi connectivity index (χ0n) is 14.2. The summed E-state index contributed by atoms with van der Waals surface area (Å²) < 4.78 is 1.04. The van der Waals surface area contributed by atoms with E-state index in [0.717, 1.165) is 28.4 Å². The number of benzene rings is 1. The maximum absolute atomic E-state index is 13.1. The molecule has 0 heterocycles. The monoisotopic (exact) mass is 453 g/mol. The zero-order valence-corrected chi connectivity index (χ0v) is 16.4. The largest absolute Gasteiger partial charge is 0.480 e. The summed E-state index contributed by atoms with van der Waals surface area (Å²) in [6.45, 7) is 0. The van der Waals surface area contributed by atoms with Crippen molar-refractivity contribution >= 4 is 34.5 Å². The highest BCUT2D eigenvalue weighted by Gasteiger charge is 2.54. The first kappa shape index (κ1) is 17.3. The Kier molecular flexibility index (Phi) is 4.54. The Morgan fingerprint density at radius 3 is 2.20 bits per heavy atom. The Hall–Kier alpha value is -1.11. The molecule has 0 aromatic heterocycles. The topological polar surface area (TPSA) is 66.4 Å². The maximum atomic E-state index is 13.1. The van der Waals surface area contributed by atoms with E-state index in [1.165, 1.54) is 19.3 Å². The fraction of sp³-hybridized carbons (Fsp3) is 0.600. The van der Waals surface area contributed by atoms with E-state index in [-0.39, 0.29) is 11.3 Å². The van der Waals surface area contributed by atoms with Crippen LogP contribution in [0.2, 0.25) is 0 Å². The van der Waals surface area contributed by atoms with Gasteiger partial charge in [0.1, 0.15) is 6.04 Å². The highest BCUT2D eigenvalue weighted by molar-refractivity contribution is 14.1. The van der Waals surface area contributed by atoms with Crippen molar-refractivity contribution < 1.29 is 14.7 Å². The van der Waals surface area contributed by atoms with Crippen LogP contribution in [-0.4, -0.2) is 23.0 Å². The Morgan fingerprint density at radius 1 is 1.12 bits per heavy atom. The van der Waals surface area contributed by atoms with Gasteiger partial charge in [0, 0.05) is 15.4 Å². The molecule has 0 unspecified atom stereocenters. The van der Waals surface area contributed by atoms with Crippen LogP contribution in [0.3, 0.4) is 0 Å². The minimum atomic E-state index is -0.947. The van der Waals surface area contributed by atoms with Crippen LogP contribution in [0.15, 0.2) is 24.3 Å². The summed E-state index contributed by atoms with van der Waals surface area (Å²) in [7, 11) is 0. The van der Waals surface area contributed by atoms with E-state index in [1.54, 1.807) is 0 Å². The summed E-state index contributed by atoms with van der Waals surface area (Å²) in [4.78, 5) is 24.9. The van der Waals surface area contributed by atoms with E-state index in [1.807, 2.05) is 24.3 Å². The standard InChI is InChI=1S/C20H24INO3/c21-16-4-2-1-3-15(16)8-17(18(23)24)22-19(25)20-9-12-5-13(10-20)7-14(6-12)11-20/h1-4,12-14,17H,5-11H2,(H,22,25)(H,23,24)/t12?,13?,14?,17-,20?/m0/s1. The molecule has 25 heavy (non-hydrogen) atoms. The van der Waals surface area contributed by atoms with E-state index in [0.29, 0.717) is 24.2 Å². The second kappa shape index (κ2) is 6.56. The lowest BCUT2D eigenvalue weighted by atomic mass is 9.49. The fourth-order valence-electron chi connectivity index (χ4n) is 5.78. The molecule has 1 aromatic rings. The van der Waals surface area contributed by atoms with Crippen LogP contribution in [0.1, 0.15) is 44.1 Å². The molecule has 0 spiro atoms. The number of amides is 1. The van der Waals surface area contributed by atoms with Crippen molar-refractivity contribution in [2.75, 3.05) is 0 Å². The van der Waals surface area contributed by atoms with Crippen LogP contribution in [0.25, 0.3) is 0 Å². The van der Waals surface area contributed by atoms with Gasteiger partial charge in [0.05, 0.1) is 0 Å². The normalized spacial score (nSPS) is 33.9. The van der Waals surface area contributed by atoms with Crippen LogP contribution >= 0.6 is 22.6 Å². The molecule has 4 saturated carbocycles. The van der Waals surface area contributed by atoms with Gasteiger partial charge in [-0.3, -0.25) is 4.79 Å². The van der Waals surface area contributed by atoms with E-state index in [4.69, 9.17) is 0 Å². The van der Waals surface area contributed by atoms with Gasteiger partial charge in [-0.25, -0.2) is 4.79 Å². The number of hydrogen-bond donors (Lipinski definition) is 2. The first-order valence-corrected chi connectivity index (χ1v) is 10.3. The molecule has 4 bridgehead atoms. The fourth-order valence-corrected chi connectivity index (χ4v) is 6.39. The second-order valence-corrected chi connectivity index (χ2v) is 9.52. The molecule has 4 fully saturated rings. The predicted molar refractivity (Wildman–Crippen MR) is 103 cm³/mol. The number of rotatable bonds is 5. The molecular formula is C20H24INO3. The van der Waals surface area contributed by atoms with Gasteiger partial charge in [-0.1, -0.05) is 18.2 Å². The van der Waals surface area contributed by atoms with Crippen LogP contribution in [0.5, 0.6) is 0 Å². The van der Waals surface area contributed by atoms with Crippen LogP contribution in [0.4, 0.5) is 0 Å². The minimum absolute atomic E-state index is 0.00932. The molecule has 1 atom stereocenters. The van der Waals surface area contributed by atoms with Gasteiger partial charge in [0.15, 0.2) is 0 Å². The third-order valence-electron chi connectivity index (χ3n) is 6.51. The van der Waals surface area contributed by atoms with Crippen molar-refractivity contribution in [3.8, 4) is 0 Å². The van der Waals surface area contributed by atoms with Gasteiger partial charge in [0.25, 0.3) is 0 Å². The van der Waals surface area contributed by atoms with E-state index < -0.39 is 12.0 Å². The number of aliphatic carboxylic acids is 1. The predicted octanol–water partition coefficient (Wildman–Crippen LogP) is 3.62. The van der Waals surface area contributed by atoms with E-state index in [2.05, 4.69) is 27.9 Å². The Morgan fingerprint density at radius 2 is 1.68 bits per heavy atom. The molecule has 4 aliphatic rings. The van der Waals surface area contributed by atoms with Crippen molar-refractivity contribution in [2.45, 2.75) is 51.0 Å². The van der Waals surface area contributed by atoms with Gasteiger partial charge >= 0.3 is 5.97 Å². The summed E-state index contributed by atoms with van der Waals surface area (Å²) >= 11 is 2.22. The lowest BCUT2D eigenvalue weighted by molar-refractivity contribution is -0.151. The summed E-state index contributed by atoms with van der Waals surface area (Å²) in [5.74, 6) is 1.07. The lowest BCUT2D eigenvalue weighted by Gasteiger charge is -2.55. The lowest BCUT2D eigenvalue weighted by Crippen LogP contribution is -2.56. The molecule has 1 aromatic carbocycles. The van der Waals surface area contributed by atoms with Crippen LogP contribution in [-0.2, 0) is 16.0 Å². The average molecular weight is 453 g/mol. The van der Waals surface area contributed by atoms with Gasteiger partial charge in [0.2, 0.25) is 5.91 Å². The third kappa shape index (κ3) is 3.32. The van der Waals surface area contributed by atoms with Crippen LogP contribution < -0.4 is 5.32 Å². The van der Waals surface area contributed by atoms with Gasteiger partial charge < -0.3 is 10.4 Å². The van der Waals surface area contributed by atoms with Gasteiger partial charge in [-0.05, 0) is 90.5 Å². The summed E-state index contributed by atoms with van der Waals surface area (Å²) in [6.07, 6.45) is 7.04. The first-order valence-electron chi connectivity index (χ1n) is 9.22. The average Bonchev–Trinajstić information content (AvgIpc) is 2.54. The number of carboxylic acid groups (broad SMARTS) is 1. The third-order valence-corrected chi connectivity index (χ3v) is 7.56. The molecule has 0 saturated heterocycles. The molecular weight excluding hydrogens is 429 g/mol. The number of carbonyl (C=O) groups excluding carboxylic acids is 1. The van der Waals surface area contributed by atoms with Crippen molar-refractivity contribution in [1.82, 2.24) is 5.32 Å². The molecule has 0 radical (unpaired) electrons. The summed E-state index contributed by atoms with van der Waals surface area (Å²) in [5, 5.41) is 12.5. The number of nitrogens with one attached hydrogen (secondary N) is 1. The highest BCUT2D eigenvalue weighted by Crippen LogP contribution is 2.60. The molecule has 5 heteroatoms. The Balaban J connectivity index is 1.50. The van der Waals surface area contributed by atoms with Crippen molar-refractivity contribution in [2.24, 2.45) is 23.2 Å². The number of carbonyl (C=O) groups is 2. The quantitative estimate of drug-likeness (QED) is 0.670. The number of carboxylic acids is 1. The molecule has 2 N–H and O–H groups in total. The van der Waals surface area contributed by atoms with Crippen molar-refractivity contribution in [1.29, 1.82) is 0 Å². The SMILES string of the molecule is O=C(O)[C@H](Cc1ccccc1I)NC(=O)C12CC3CC(CC(C3)C1)C2. The summed E-state index contributed by atoms with van der Waals surface area (Å²) in [5.41, 5.74) is 0.674. The van der Waals surface area contributed by atoms with E-state index >= 15 is 0 Å².